The van der Waals surface area contributed by atoms with E-state index in [9.17, 15) is 20.1 Å². The molecule has 0 amide bonds. The minimum Gasteiger partial charge on any atom is -0.508 e. The lowest BCUT2D eigenvalue weighted by Crippen LogP contribution is -2.10. The molecule has 3 rings (SSSR count). The van der Waals surface area contributed by atoms with Crippen LogP contribution in [-0.2, 0) is 6.54 Å². The third kappa shape index (κ3) is 2.58. The first kappa shape index (κ1) is 15.9. The molecule has 0 aliphatic heterocycles. The monoisotopic (exact) mass is 325 g/mol. The van der Waals surface area contributed by atoms with Gasteiger partial charge in [0.1, 0.15) is 11.5 Å². The van der Waals surface area contributed by atoms with E-state index in [4.69, 9.17) is 0 Å². The minimum atomic E-state index is -0.995. The van der Waals surface area contributed by atoms with E-state index in [1.165, 1.54) is 6.07 Å². The predicted molar refractivity (Wildman–Crippen MR) is 91.9 cm³/mol. The number of phenols is 2. The second kappa shape index (κ2) is 5.92. The minimum absolute atomic E-state index is 0.0310. The number of aromatic carboxylic acids is 1. The van der Waals surface area contributed by atoms with Crippen molar-refractivity contribution in [1.82, 2.24) is 4.57 Å². The van der Waals surface area contributed by atoms with Crippen LogP contribution in [0.15, 0.2) is 42.5 Å². The Morgan fingerprint density at radius 2 is 1.83 bits per heavy atom. The van der Waals surface area contributed by atoms with Crippen LogP contribution in [0.1, 0.15) is 41.4 Å². The van der Waals surface area contributed by atoms with Crippen molar-refractivity contribution in [1.29, 1.82) is 0 Å². The Kier molecular flexibility index (Phi) is 3.93. The standard InChI is InChI=1S/C19H19NO4/c1-11(2)18-17(19(23)24)14-8-7-13(21)9-15(14)20(18)10-12-5-3-4-6-16(12)22/h3-9,11,21-22H,10H2,1-2H3,(H,23,24). The Labute approximate surface area is 139 Å². The molecule has 124 valence electrons. The molecule has 3 N–H and O–H groups in total. The molecule has 3 aromatic rings. The maximum atomic E-state index is 11.8. The van der Waals surface area contributed by atoms with E-state index in [1.807, 2.05) is 24.5 Å². The van der Waals surface area contributed by atoms with Crippen LogP contribution >= 0.6 is 0 Å². The van der Waals surface area contributed by atoms with Crippen LogP contribution in [0.5, 0.6) is 11.5 Å². The van der Waals surface area contributed by atoms with Gasteiger partial charge in [-0.2, -0.15) is 0 Å². The Morgan fingerprint density at radius 1 is 1.12 bits per heavy atom. The molecule has 0 spiro atoms. The number of nitrogens with zero attached hydrogens (tertiary/aromatic N) is 1. The van der Waals surface area contributed by atoms with Gasteiger partial charge in [0, 0.05) is 22.7 Å². The zero-order chi connectivity index (χ0) is 17.4. The summed E-state index contributed by atoms with van der Waals surface area (Å²) in [5.41, 5.74) is 2.25. The van der Waals surface area contributed by atoms with Gasteiger partial charge in [-0.1, -0.05) is 32.0 Å². The maximum Gasteiger partial charge on any atom is 0.338 e. The maximum absolute atomic E-state index is 11.8. The van der Waals surface area contributed by atoms with Crippen molar-refractivity contribution >= 4 is 16.9 Å². The lowest BCUT2D eigenvalue weighted by molar-refractivity contribution is 0.0697. The number of phenolic OH excluding ortho intramolecular Hbond substituents is 2. The van der Waals surface area contributed by atoms with E-state index in [-0.39, 0.29) is 23.0 Å². The number of aromatic nitrogens is 1. The van der Waals surface area contributed by atoms with Gasteiger partial charge in [-0.15, -0.1) is 0 Å². The molecule has 24 heavy (non-hydrogen) atoms. The van der Waals surface area contributed by atoms with Crippen LogP contribution in [0.2, 0.25) is 0 Å². The van der Waals surface area contributed by atoms with E-state index in [0.717, 1.165) is 0 Å². The third-order valence-corrected chi connectivity index (χ3v) is 4.17. The lowest BCUT2D eigenvalue weighted by Gasteiger charge is -2.15. The summed E-state index contributed by atoms with van der Waals surface area (Å²) in [6.45, 7) is 4.19. The number of aromatic hydroxyl groups is 2. The van der Waals surface area contributed by atoms with Gasteiger partial charge in [-0.05, 0) is 24.1 Å². The summed E-state index contributed by atoms with van der Waals surface area (Å²) >= 11 is 0. The largest absolute Gasteiger partial charge is 0.508 e. The second-order valence-electron chi connectivity index (χ2n) is 6.14. The summed E-state index contributed by atoms with van der Waals surface area (Å²) in [5.74, 6) is -0.793. The quantitative estimate of drug-likeness (QED) is 0.679. The van der Waals surface area contributed by atoms with E-state index in [0.29, 0.717) is 28.7 Å². The normalized spacial score (nSPS) is 11.3. The number of benzene rings is 2. The molecule has 5 nitrogen and oxygen atoms in total. The highest BCUT2D eigenvalue weighted by Crippen LogP contribution is 2.34. The number of carboxylic acids is 1. The topological polar surface area (TPSA) is 82.7 Å². The van der Waals surface area contributed by atoms with Crippen molar-refractivity contribution in [3.05, 3.63) is 59.3 Å². The molecule has 0 aliphatic carbocycles. The van der Waals surface area contributed by atoms with Gasteiger partial charge in [-0.3, -0.25) is 0 Å². The van der Waals surface area contributed by atoms with Crippen molar-refractivity contribution in [3.8, 4) is 11.5 Å². The molecule has 0 bridgehead atoms. The smallest absolute Gasteiger partial charge is 0.338 e. The predicted octanol–water partition coefficient (Wildman–Crippen LogP) is 3.92. The number of fused-ring (bicyclic) bond motifs is 1. The molecule has 0 aliphatic rings. The third-order valence-electron chi connectivity index (χ3n) is 4.17. The van der Waals surface area contributed by atoms with Gasteiger partial charge in [-0.25, -0.2) is 4.79 Å². The van der Waals surface area contributed by atoms with Gasteiger partial charge >= 0.3 is 5.97 Å². The molecular weight excluding hydrogens is 306 g/mol. The fourth-order valence-corrected chi connectivity index (χ4v) is 3.17. The summed E-state index contributed by atoms with van der Waals surface area (Å²) < 4.78 is 1.86. The average Bonchev–Trinajstić information content (AvgIpc) is 2.83. The summed E-state index contributed by atoms with van der Waals surface area (Å²) in [4.78, 5) is 11.8. The molecule has 0 radical (unpaired) electrons. The Bertz CT molecular complexity index is 925. The van der Waals surface area contributed by atoms with Gasteiger partial charge < -0.3 is 19.9 Å². The number of para-hydroxylation sites is 1. The molecular formula is C19H19NO4. The highest BCUT2D eigenvalue weighted by molar-refractivity contribution is 6.05. The van der Waals surface area contributed by atoms with Crippen LogP contribution in [0.4, 0.5) is 0 Å². The van der Waals surface area contributed by atoms with E-state index in [2.05, 4.69) is 0 Å². The lowest BCUT2D eigenvalue weighted by atomic mass is 10.0. The van der Waals surface area contributed by atoms with Crippen molar-refractivity contribution in [2.75, 3.05) is 0 Å². The zero-order valence-corrected chi connectivity index (χ0v) is 13.5. The summed E-state index contributed by atoms with van der Waals surface area (Å²) in [6, 6.07) is 11.6. The van der Waals surface area contributed by atoms with Gasteiger partial charge in [0.2, 0.25) is 0 Å². The zero-order valence-electron chi connectivity index (χ0n) is 13.5. The Morgan fingerprint density at radius 3 is 2.46 bits per heavy atom. The molecule has 5 heteroatoms. The first-order chi connectivity index (χ1) is 11.4. The number of carboxylic acid groups (broad SMARTS) is 1. The van der Waals surface area contributed by atoms with Crippen LogP contribution < -0.4 is 0 Å². The van der Waals surface area contributed by atoms with Gasteiger partial charge in [0.15, 0.2) is 0 Å². The van der Waals surface area contributed by atoms with Crippen LogP contribution in [-0.4, -0.2) is 25.9 Å². The Balaban J connectivity index is 2.32. The fraction of sp³-hybridized carbons (Fsp3) is 0.211. The summed E-state index contributed by atoms with van der Waals surface area (Å²) in [7, 11) is 0. The fourth-order valence-electron chi connectivity index (χ4n) is 3.17. The molecule has 0 fully saturated rings. The molecule has 0 unspecified atom stereocenters. The van der Waals surface area contributed by atoms with Crippen LogP contribution in [0, 0.1) is 0 Å². The molecule has 2 aromatic carbocycles. The number of hydrogen-bond acceptors (Lipinski definition) is 3. The first-order valence-electron chi connectivity index (χ1n) is 7.75. The van der Waals surface area contributed by atoms with Gasteiger partial charge in [0.25, 0.3) is 0 Å². The molecule has 0 saturated heterocycles. The number of rotatable bonds is 4. The molecule has 1 heterocycles. The van der Waals surface area contributed by atoms with E-state index in [1.54, 1.807) is 30.3 Å². The van der Waals surface area contributed by atoms with Crippen LogP contribution in [0.3, 0.4) is 0 Å². The molecule has 1 aromatic heterocycles. The molecule has 0 atom stereocenters. The number of carbonyl (C=O) groups is 1. The van der Waals surface area contributed by atoms with E-state index >= 15 is 0 Å². The number of hydrogen-bond donors (Lipinski definition) is 3. The van der Waals surface area contributed by atoms with E-state index < -0.39 is 5.97 Å². The van der Waals surface area contributed by atoms with Crippen molar-refractivity contribution < 1.29 is 20.1 Å². The van der Waals surface area contributed by atoms with Crippen LogP contribution in [0.25, 0.3) is 10.9 Å². The average molecular weight is 325 g/mol. The van der Waals surface area contributed by atoms with Crippen molar-refractivity contribution in [2.45, 2.75) is 26.3 Å². The SMILES string of the molecule is CC(C)c1c(C(=O)O)c2ccc(O)cc2n1Cc1ccccc1O. The highest BCUT2D eigenvalue weighted by atomic mass is 16.4. The molecule has 0 saturated carbocycles. The van der Waals surface area contributed by atoms with Gasteiger partial charge in [0.05, 0.1) is 17.6 Å². The van der Waals surface area contributed by atoms with Crippen molar-refractivity contribution in [2.24, 2.45) is 0 Å². The summed E-state index contributed by atoms with van der Waals surface area (Å²) in [5, 5.41) is 30.2. The Hall–Kier alpha value is -2.95. The highest BCUT2D eigenvalue weighted by Gasteiger charge is 2.24. The second-order valence-corrected chi connectivity index (χ2v) is 6.14. The summed E-state index contributed by atoms with van der Waals surface area (Å²) in [6.07, 6.45) is 0. The first-order valence-corrected chi connectivity index (χ1v) is 7.75. The van der Waals surface area contributed by atoms with Crippen molar-refractivity contribution in [3.63, 3.8) is 0 Å².